The highest BCUT2D eigenvalue weighted by molar-refractivity contribution is 5.83. The normalized spacial score (nSPS) is 21.4. The molecule has 4 heteroatoms. The molecule has 2 aliphatic rings. The minimum absolute atomic E-state index is 0.103. The van der Waals surface area contributed by atoms with Crippen molar-refractivity contribution in [2.75, 3.05) is 13.1 Å². The van der Waals surface area contributed by atoms with Crippen molar-refractivity contribution < 1.29 is 9.53 Å². The molecule has 19 heavy (non-hydrogen) atoms. The molecule has 1 aliphatic carbocycles. The minimum Gasteiger partial charge on any atom is -0.480 e. The van der Waals surface area contributed by atoms with E-state index in [0.29, 0.717) is 25.6 Å². The van der Waals surface area contributed by atoms with E-state index < -0.39 is 0 Å². The van der Waals surface area contributed by atoms with Crippen LogP contribution in [0.5, 0.6) is 5.75 Å². The van der Waals surface area contributed by atoms with Gasteiger partial charge in [0.2, 0.25) is 0 Å². The fourth-order valence-corrected chi connectivity index (χ4v) is 2.81. The summed E-state index contributed by atoms with van der Waals surface area (Å²) in [6.45, 7) is 1.15. The molecule has 4 nitrogen and oxygen atoms in total. The van der Waals surface area contributed by atoms with Crippen LogP contribution in [0.25, 0.3) is 0 Å². The molecule has 1 heterocycles. The zero-order valence-corrected chi connectivity index (χ0v) is 11.0. The van der Waals surface area contributed by atoms with Crippen LogP contribution in [-0.4, -0.2) is 36.0 Å². The van der Waals surface area contributed by atoms with Crippen molar-refractivity contribution in [1.29, 1.82) is 0 Å². The van der Waals surface area contributed by atoms with Gasteiger partial charge in [-0.3, -0.25) is 4.79 Å². The average Bonchev–Trinajstić information content (AvgIpc) is 2.79. The number of para-hydroxylation sites is 1. The Morgan fingerprint density at radius 1 is 1.37 bits per heavy atom. The van der Waals surface area contributed by atoms with Gasteiger partial charge in [-0.2, -0.15) is 0 Å². The number of amides is 1. The van der Waals surface area contributed by atoms with E-state index in [4.69, 9.17) is 10.5 Å². The van der Waals surface area contributed by atoms with E-state index in [-0.39, 0.29) is 12.0 Å². The van der Waals surface area contributed by atoms with Gasteiger partial charge >= 0.3 is 0 Å². The summed E-state index contributed by atoms with van der Waals surface area (Å²) in [5, 5.41) is 0. The second-order valence-electron chi connectivity index (χ2n) is 5.32. The standard InChI is InChI=1S/C15H20N2O2/c16-8-9-17(12-5-3-6-12)15(18)14-10-11-4-1-2-7-13(11)19-14/h1-2,4,7,12,14H,3,5-6,8-10,16H2. The molecule has 0 bridgehead atoms. The van der Waals surface area contributed by atoms with Crippen LogP contribution in [0, 0.1) is 0 Å². The monoisotopic (exact) mass is 260 g/mol. The van der Waals surface area contributed by atoms with E-state index in [2.05, 4.69) is 0 Å². The quantitative estimate of drug-likeness (QED) is 0.888. The molecule has 0 spiro atoms. The summed E-state index contributed by atoms with van der Waals surface area (Å²) in [6.07, 6.45) is 3.74. The van der Waals surface area contributed by atoms with Crippen LogP contribution in [0.15, 0.2) is 24.3 Å². The Hall–Kier alpha value is -1.55. The van der Waals surface area contributed by atoms with Gasteiger partial charge in [0, 0.05) is 25.6 Å². The lowest BCUT2D eigenvalue weighted by Gasteiger charge is -2.38. The van der Waals surface area contributed by atoms with Crippen molar-refractivity contribution in [3.8, 4) is 5.75 Å². The number of carbonyl (C=O) groups excluding carboxylic acids is 1. The summed E-state index contributed by atoms with van der Waals surface area (Å²) in [5.41, 5.74) is 6.76. The first-order valence-corrected chi connectivity index (χ1v) is 7.04. The van der Waals surface area contributed by atoms with Crippen LogP contribution in [-0.2, 0) is 11.2 Å². The van der Waals surface area contributed by atoms with Crippen LogP contribution in [0.2, 0.25) is 0 Å². The van der Waals surface area contributed by atoms with Crippen LogP contribution in [0.4, 0.5) is 0 Å². The smallest absolute Gasteiger partial charge is 0.264 e. The highest BCUT2D eigenvalue weighted by atomic mass is 16.5. The molecule has 1 aliphatic heterocycles. The van der Waals surface area contributed by atoms with Gasteiger partial charge in [-0.25, -0.2) is 0 Å². The maximum absolute atomic E-state index is 12.6. The lowest BCUT2D eigenvalue weighted by molar-refractivity contribution is -0.142. The molecule has 2 N–H and O–H groups in total. The molecular formula is C15H20N2O2. The summed E-state index contributed by atoms with van der Waals surface area (Å²) in [6, 6.07) is 8.26. The molecule has 1 aromatic carbocycles. The van der Waals surface area contributed by atoms with E-state index in [1.165, 1.54) is 6.42 Å². The SMILES string of the molecule is NCCN(C(=O)C1Cc2ccccc2O1)C1CCC1. The summed E-state index contributed by atoms with van der Waals surface area (Å²) in [7, 11) is 0. The molecule has 1 aromatic rings. The Bertz CT molecular complexity index is 446. The molecule has 1 unspecified atom stereocenters. The molecular weight excluding hydrogens is 240 g/mol. The third kappa shape index (κ3) is 2.32. The number of benzene rings is 1. The number of fused-ring (bicyclic) bond motifs is 1. The Labute approximate surface area is 113 Å². The van der Waals surface area contributed by atoms with Crippen LogP contribution in [0.3, 0.4) is 0 Å². The summed E-state index contributed by atoms with van der Waals surface area (Å²) in [4.78, 5) is 14.5. The molecule has 102 valence electrons. The molecule has 0 radical (unpaired) electrons. The van der Waals surface area contributed by atoms with E-state index in [0.717, 1.165) is 24.2 Å². The maximum atomic E-state index is 12.6. The Kier molecular flexibility index (Phi) is 3.42. The number of nitrogens with two attached hydrogens (primary N) is 1. The number of hydrogen-bond acceptors (Lipinski definition) is 3. The van der Waals surface area contributed by atoms with Crippen LogP contribution in [0.1, 0.15) is 24.8 Å². The molecule has 1 amide bonds. The number of rotatable bonds is 4. The third-order valence-corrected chi connectivity index (χ3v) is 4.09. The van der Waals surface area contributed by atoms with Crippen molar-refractivity contribution in [3.05, 3.63) is 29.8 Å². The molecule has 0 aromatic heterocycles. The van der Waals surface area contributed by atoms with Gasteiger partial charge in [0.25, 0.3) is 5.91 Å². The van der Waals surface area contributed by atoms with Crippen LogP contribution < -0.4 is 10.5 Å². The van der Waals surface area contributed by atoms with Crippen LogP contribution >= 0.6 is 0 Å². The average molecular weight is 260 g/mol. The Morgan fingerprint density at radius 3 is 2.79 bits per heavy atom. The molecule has 1 atom stereocenters. The molecule has 0 saturated heterocycles. The van der Waals surface area contributed by atoms with Gasteiger partial charge in [-0.15, -0.1) is 0 Å². The zero-order chi connectivity index (χ0) is 13.2. The zero-order valence-electron chi connectivity index (χ0n) is 11.0. The van der Waals surface area contributed by atoms with Gasteiger partial charge in [0.15, 0.2) is 6.10 Å². The van der Waals surface area contributed by atoms with Gasteiger partial charge < -0.3 is 15.4 Å². The van der Waals surface area contributed by atoms with E-state index in [1.807, 2.05) is 29.2 Å². The Morgan fingerprint density at radius 2 is 2.16 bits per heavy atom. The van der Waals surface area contributed by atoms with E-state index in [1.54, 1.807) is 0 Å². The second kappa shape index (κ2) is 5.21. The predicted octanol–water partition coefficient (Wildman–Crippen LogP) is 1.33. The predicted molar refractivity (Wildman–Crippen MR) is 73.0 cm³/mol. The highest BCUT2D eigenvalue weighted by Gasteiger charge is 2.36. The highest BCUT2D eigenvalue weighted by Crippen LogP contribution is 2.31. The van der Waals surface area contributed by atoms with Crippen molar-refractivity contribution in [2.24, 2.45) is 5.73 Å². The topological polar surface area (TPSA) is 55.6 Å². The van der Waals surface area contributed by atoms with Crippen molar-refractivity contribution in [2.45, 2.75) is 37.8 Å². The summed E-state index contributed by atoms with van der Waals surface area (Å²) < 4.78 is 5.78. The number of carbonyl (C=O) groups is 1. The lowest BCUT2D eigenvalue weighted by Crippen LogP contribution is -2.51. The van der Waals surface area contributed by atoms with Gasteiger partial charge in [-0.1, -0.05) is 18.2 Å². The van der Waals surface area contributed by atoms with Gasteiger partial charge in [0.1, 0.15) is 5.75 Å². The molecule has 1 saturated carbocycles. The fourth-order valence-electron chi connectivity index (χ4n) is 2.81. The summed E-state index contributed by atoms with van der Waals surface area (Å²) in [5.74, 6) is 0.952. The van der Waals surface area contributed by atoms with Crippen molar-refractivity contribution in [3.63, 3.8) is 0 Å². The van der Waals surface area contributed by atoms with E-state index >= 15 is 0 Å². The van der Waals surface area contributed by atoms with Gasteiger partial charge in [0.05, 0.1) is 0 Å². The lowest BCUT2D eigenvalue weighted by atomic mass is 9.91. The first-order valence-electron chi connectivity index (χ1n) is 7.04. The van der Waals surface area contributed by atoms with Crippen molar-refractivity contribution >= 4 is 5.91 Å². The van der Waals surface area contributed by atoms with Gasteiger partial charge in [-0.05, 0) is 30.9 Å². The molecule has 3 rings (SSSR count). The maximum Gasteiger partial charge on any atom is 0.264 e. The molecule has 1 fully saturated rings. The fraction of sp³-hybridized carbons (Fsp3) is 0.533. The largest absolute Gasteiger partial charge is 0.480 e. The number of nitrogens with zero attached hydrogens (tertiary/aromatic N) is 1. The Balaban J connectivity index is 1.70. The summed E-state index contributed by atoms with van der Waals surface area (Å²) >= 11 is 0. The third-order valence-electron chi connectivity index (χ3n) is 4.09. The second-order valence-corrected chi connectivity index (χ2v) is 5.32. The number of ether oxygens (including phenoxy) is 1. The number of hydrogen-bond donors (Lipinski definition) is 1. The van der Waals surface area contributed by atoms with E-state index in [9.17, 15) is 4.79 Å². The minimum atomic E-state index is -0.357. The first kappa shape index (κ1) is 12.5. The van der Waals surface area contributed by atoms with Crippen molar-refractivity contribution in [1.82, 2.24) is 4.90 Å². The first-order chi connectivity index (χ1) is 9.29.